The van der Waals surface area contributed by atoms with E-state index in [2.05, 4.69) is 21.0 Å². The van der Waals surface area contributed by atoms with Crippen molar-refractivity contribution in [1.29, 1.82) is 0 Å². The smallest absolute Gasteiger partial charge is 0.323 e. The van der Waals surface area contributed by atoms with Gasteiger partial charge in [0.25, 0.3) is 0 Å². The number of rotatable bonds is 3. The highest BCUT2D eigenvalue weighted by atomic mass is 16.2. The molecule has 0 bridgehead atoms. The Hall–Kier alpha value is -2.50. The number of nitrogens with zero attached hydrogens (tertiary/aromatic N) is 2. The number of anilines is 3. The maximum absolute atomic E-state index is 12.3. The summed E-state index contributed by atoms with van der Waals surface area (Å²) in [7, 11) is 1.88. The Morgan fingerprint density at radius 3 is 2.95 bits per heavy atom. The molecular formula is C16H19N5O. The molecule has 1 saturated carbocycles. The van der Waals surface area contributed by atoms with Crippen LogP contribution in [0.3, 0.4) is 0 Å². The number of aromatic nitrogens is 2. The summed E-state index contributed by atoms with van der Waals surface area (Å²) in [5.41, 5.74) is 4.96. The van der Waals surface area contributed by atoms with Crippen LogP contribution in [0.5, 0.6) is 0 Å². The first-order chi connectivity index (χ1) is 10.7. The van der Waals surface area contributed by atoms with Crippen molar-refractivity contribution in [1.82, 2.24) is 9.78 Å². The molecule has 1 aromatic carbocycles. The molecule has 0 saturated heterocycles. The maximum atomic E-state index is 12.3. The number of carbonyl (C=O) groups is 1. The minimum absolute atomic E-state index is 0.213. The van der Waals surface area contributed by atoms with Gasteiger partial charge in [-0.3, -0.25) is 4.68 Å². The topological polar surface area (TPSA) is 71.0 Å². The Morgan fingerprint density at radius 2 is 2.14 bits per heavy atom. The van der Waals surface area contributed by atoms with Gasteiger partial charge in [-0.15, -0.1) is 0 Å². The average molecular weight is 297 g/mol. The van der Waals surface area contributed by atoms with E-state index in [0.29, 0.717) is 5.92 Å². The molecule has 2 aliphatic rings. The molecule has 0 radical (unpaired) electrons. The highest BCUT2D eigenvalue weighted by Gasteiger charge is 2.29. The fourth-order valence-corrected chi connectivity index (χ4v) is 3.00. The number of nitrogens with one attached hydrogen (secondary N) is 3. The number of aryl methyl sites for hydroxylation is 1. The van der Waals surface area contributed by atoms with Crippen LogP contribution in [0.1, 0.15) is 30.0 Å². The summed E-state index contributed by atoms with van der Waals surface area (Å²) < 4.78 is 1.76. The van der Waals surface area contributed by atoms with Crippen LogP contribution in [-0.2, 0) is 13.5 Å². The molecule has 0 atom stereocenters. The molecule has 0 unspecified atom stereocenters. The molecule has 2 heterocycles. The zero-order valence-electron chi connectivity index (χ0n) is 12.5. The van der Waals surface area contributed by atoms with E-state index >= 15 is 0 Å². The molecule has 1 fully saturated rings. The number of carbonyl (C=O) groups excluding carboxylic acids is 1. The summed E-state index contributed by atoms with van der Waals surface area (Å²) in [4.78, 5) is 12.3. The van der Waals surface area contributed by atoms with Gasteiger partial charge in [0.1, 0.15) is 0 Å². The third-order valence-corrected chi connectivity index (χ3v) is 4.18. The molecule has 1 aliphatic carbocycles. The standard InChI is InChI=1S/C16H19N5O/c1-21-9-14(15(20-21)10-5-6-10)19-16(22)18-13-4-2-3-12-11(13)7-8-17-12/h2-4,9-10,17H,5-8H2,1H3,(H2,18,19,22). The second-order valence-corrected chi connectivity index (χ2v) is 5.96. The Balaban J connectivity index is 1.50. The molecular weight excluding hydrogens is 278 g/mol. The van der Waals surface area contributed by atoms with Gasteiger partial charge < -0.3 is 16.0 Å². The first-order valence-corrected chi connectivity index (χ1v) is 7.68. The third-order valence-electron chi connectivity index (χ3n) is 4.18. The van der Waals surface area contributed by atoms with Crippen molar-refractivity contribution in [2.24, 2.45) is 7.05 Å². The van der Waals surface area contributed by atoms with E-state index in [9.17, 15) is 4.79 Å². The highest BCUT2D eigenvalue weighted by molar-refractivity contribution is 6.01. The van der Waals surface area contributed by atoms with Gasteiger partial charge >= 0.3 is 6.03 Å². The van der Waals surface area contributed by atoms with Crippen molar-refractivity contribution in [2.45, 2.75) is 25.2 Å². The lowest BCUT2D eigenvalue weighted by atomic mass is 10.1. The van der Waals surface area contributed by atoms with E-state index in [1.165, 1.54) is 5.56 Å². The molecule has 114 valence electrons. The molecule has 1 aromatic heterocycles. The summed E-state index contributed by atoms with van der Waals surface area (Å²) in [6.07, 6.45) is 5.12. The van der Waals surface area contributed by atoms with E-state index in [4.69, 9.17) is 0 Å². The number of fused-ring (bicyclic) bond motifs is 1. The van der Waals surface area contributed by atoms with Gasteiger partial charge in [-0.1, -0.05) is 6.07 Å². The van der Waals surface area contributed by atoms with Gasteiger partial charge in [0, 0.05) is 42.6 Å². The zero-order chi connectivity index (χ0) is 15.1. The summed E-state index contributed by atoms with van der Waals surface area (Å²) in [6, 6.07) is 5.72. The molecule has 2 aromatic rings. The molecule has 4 rings (SSSR count). The number of urea groups is 1. The lowest BCUT2D eigenvalue weighted by Crippen LogP contribution is -2.20. The van der Waals surface area contributed by atoms with Crippen molar-refractivity contribution in [2.75, 3.05) is 22.5 Å². The average Bonchev–Trinajstić information content (AvgIpc) is 3.09. The van der Waals surface area contributed by atoms with Gasteiger partial charge in [-0.25, -0.2) is 4.79 Å². The molecule has 1 aliphatic heterocycles. The summed E-state index contributed by atoms with van der Waals surface area (Å²) in [5.74, 6) is 0.502. The lowest BCUT2D eigenvalue weighted by molar-refractivity contribution is 0.262. The summed E-state index contributed by atoms with van der Waals surface area (Å²) in [6.45, 7) is 0.921. The lowest BCUT2D eigenvalue weighted by Gasteiger charge is -2.10. The fourth-order valence-electron chi connectivity index (χ4n) is 3.00. The molecule has 3 N–H and O–H groups in total. The molecule has 22 heavy (non-hydrogen) atoms. The summed E-state index contributed by atoms with van der Waals surface area (Å²) >= 11 is 0. The monoisotopic (exact) mass is 297 g/mol. The van der Waals surface area contributed by atoms with Crippen molar-refractivity contribution >= 4 is 23.1 Å². The van der Waals surface area contributed by atoms with Crippen molar-refractivity contribution in [3.05, 3.63) is 35.7 Å². The Bertz CT molecular complexity index is 732. The van der Waals surface area contributed by atoms with E-state index in [-0.39, 0.29) is 6.03 Å². The zero-order valence-corrected chi connectivity index (χ0v) is 12.5. The van der Waals surface area contributed by atoms with Crippen LogP contribution in [0.4, 0.5) is 21.9 Å². The molecule has 6 nitrogen and oxygen atoms in total. The minimum atomic E-state index is -0.213. The normalized spacial score (nSPS) is 16.0. The third kappa shape index (κ3) is 2.41. The van der Waals surface area contributed by atoms with Crippen molar-refractivity contribution < 1.29 is 4.79 Å². The van der Waals surface area contributed by atoms with Gasteiger partial charge in [0.05, 0.1) is 11.4 Å². The van der Waals surface area contributed by atoms with Crippen LogP contribution in [0.2, 0.25) is 0 Å². The number of hydrogen-bond donors (Lipinski definition) is 3. The van der Waals surface area contributed by atoms with E-state index < -0.39 is 0 Å². The Kier molecular flexibility index (Phi) is 3.03. The van der Waals surface area contributed by atoms with E-state index in [0.717, 1.165) is 48.6 Å². The number of amides is 2. The largest absolute Gasteiger partial charge is 0.384 e. The SMILES string of the molecule is Cn1cc(NC(=O)Nc2cccc3c2CCN3)c(C2CC2)n1. The van der Waals surface area contributed by atoms with Crippen LogP contribution >= 0.6 is 0 Å². The van der Waals surface area contributed by atoms with Crippen LogP contribution in [0.15, 0.2) is 24.4 Å². The maximum Gasteiger partial charge on any atom is 0.323 e. The van der Waals surface area contributed by atoms with Crippen LogP contribution in [0.25, 0.3) is 0 Å². The number of hydrogen-bond acceptors (Lipinski definition) is 3. The van der Waals surface area contributed by atoms with Crippen molar-refractivity contribution in [3.8, 4) is 0 Å². The Morgan fingerprint density at radius 1 is 1.32 bits per heavy atom. The van der Waals surface area contributed by atoms with Crippen LogP contribution in [-0.4, -0.2) is 22.4 Å². The molecule has 6 heteroatoms. The first kappa shape index (κ1) is 13.2. The molecule has 0 spiro atoms. The minimum Gasteiger partial charge on any atom is -0.384 e. The van der Waals surface area contributed by atoms with Gasteiger partial charge in [-0.05, 0) is 31.4 Å². The predicted octanol–water partition coefficient (Wildman–Crippen LogP) is 2.91. The van der Waals surface area contributed by atoms with Crippen LogP contribution in [0, 0.1) is 0 Å². The Labute approximate surface area is 128 Å². The first-order valence-electron chi connectivity index (χ1n) is 7.68. The quantitative estimate of drug-likeness (QED) is 0.815. The second kappa shape index (κ2) is 5.05. The highest BCUT2D eigenvalue weighted by Crippen LogP contribution is 2.42. The van der Waals surface area contributed by atoms with Crippen molar-refractivity contribution in [3.63, 3.8) is 0 Å². The van der Waals surface area contributed by atoms with Gasteiger partial charge in [0.15, 0.2) is 0 Å². The second-order valence-electron chi connectivity index (χ2n) is 5.96. The summed E-state index contributed by atoms with van der Waals surface area (Å²) in [5, 5.41) is 13.7. The molecule has 2 amide bonds. The van der Waals surface area contributed by atoms with E-state index in [1.807, 2.05) is 31.4 Å². The predicted molar refractivity (Wildman–Crippen MR) is 86.5 cm³/mol. The number of benzene rings is 1. The van der Waals surface area contributed by atoms with Gasteiger partial charge in [0.2, 0.25) is 0 Å². The fraction of sp³-hybridized carbons (Fsp3) is 0.375. The van der Waals surface area contributed by atoms with E-state index in [1.54, 1.807) is 4.68 Å². The van der Waals surface area contributed by atoms with Gasteiger partial charge in [-0.2, -0.15) is 5.10 Å². The van der Waals surface area contributed by atoms with Crippen LogP contribution < -0.4 is 16.0 Å².